The van der Waals surface area contributed by atoms with Crippen molar-refractivity contribution in [2.24, 2.45) is 10.7 Å². The fourth-order valence-corrected chi connectivity index (χ4v) is 3.24. The average molecular weight is 307 g/mol. The van der Waals surface area contributed by atoms with Gasteiger partial charge < -0.3 is 15.8 Å². The van der Waals surface area contributed by atoms with Crippen LogP contribution in [0.1, 0.15) is 35.3 Å². The summed E-state index contributed by atoms with van der Waals surface area (Å²) in [4.78, 5) is 16.4. The van der Waals surface area contributed by atoms with Crippen LogP contribution in [0, 0.1) is 0 Å². The van der Waals surface area contributed by atoms with Gasteiger partial charge in [-0.1, -0.05) is 42.5 Å². The summed E-state index contributed by atoms with van der Waals surface area (Å²) in [6.07, 6.45) is 1.15. The lowest BCUT2D eigenvalue weighted by Crippen LogP contribution is -2.34. The molecule has 5 nitrogen and oxygen atoms in total. The van der Waals surface area contributed by atoms with E-state index in [1.807, 2.05) is 36.4 Å². The molecule has 0 fully saturated rings. The van der Waals surface area contributed by atoms with Crippen molar-refractivity contribution < 1.29 is 9.53 Å². The Morgan fingerprint density at radius 3 is 2.70 bits per heavy atom. The number of hydrogen-bond acceptors (Lipinski definition) is 3. The van der Waals surface area contributed by atoms with Gasteiger partial charge in [0.15, 0.2) is 0 Å². The van der Waals surface area contributed by atoms with Crippen molar-refractivity contribution in [2.75, 3.05) is 5.32 Å². The molecule has 1 unspecified atom stereocenters. The second-order valence-electron chi connectivity index (χ2n) is 5.80. The third-order valence-electron chi connectivity index (χ3n) is 4.35. The number of para-hydroxylation sites is 1. The molecule has 2 atom stereocenters. The van der Waals surface area contributed by atoms with Crippen LogP contribution in [-0.4, -0.2) is 11.9 Å². The number of nitrogens with zero attached hydrogens (tertiary/aromatic N) is 1. The lowest BCUT2D eigenvalue weighted by Gasteiger charge is -2.27. The largest absolute Gasteiger partial charge is 0.447 e. The Morgan fingerprint density at radius 1 is 1.13 bits per heavy atom. The number of carbonyl (C=O) groups excluding carboxylic acids is 1. The molecule has 1 aliphatic heterocycles. The van der Waals surface area contributed by atoms with E-state index in [1.165, 1.54) is 11.1 Å². The molecule has 1 heterocycles. The standard InChI is InChI=1S/C18H17N3O2/c19-17(22)16-13-7-3-4-8-14(13)20-18(23-16)21-15-10-9-11-5-1-2-6-12(11)15/h1-8,15-16H,9-10H2,(H2,19,22)(H,20,21)/t15-,16?/m1/s1. The van der Waals surface area contributed by atoms with Crippen molar-refractivity contribution in [2.45, 2.75) is 25.0 Å². The molecule has 3 N–H and O–H groups in total. The second kappa shape index (κ2) is 5.43. The Bertz CT molecular complexity index is 800. The molecular formula is C18H17N3O2. The second-order valence-corrected chi connectivity index (χ2v) is 5.80. The van der Waals surface area contributed by atoms with E-state index in [4.69, 9.17) is 10.5 Å². The summed E-state index contributed by atoms with van der Waals surface area (Å²) in [5.41, 5.74) is 9.58. The SMILES string of the molecule is NC(=O)C1OC(=N[C@@H]2CCc3ccccc32)Nc2ccccc21. The third kappa shape index (κ3) is 2.44. The maximum atomic E-state index is 11.7. The molecule has 0 radical (unpaired) electrons. The quantitative estimate of drug-likeness (QED) is 0.895. The van der Waals surface area contributed by atoms with Crippen LogP contribution in [0.15, 0.2) is 53.5 Å². The monoisotopic (exact) mass is 307 g/mol. The van der Waals surface area contributed by atoms with Gasteiger partial charge in [-0.05, 0) is 30.0 Å². The Morgan fingerprint density at radius 2 is 1.87 bits per heavy atom. The van der Waals surface area contributed by atoms with E-state index in [1.54, 1.807) is 0 Å². The number of anilines is 1. The van der Waals surface area contributed by atoms with Gasteiger partial charge in [0.2, 0.25) is 6.10 Å². The molecule has 0 bridgehead atoms. The zero-order chi connectivity index (χ0) is 15.8. The molecule has 1 aliphatic carbocycles. The Kier molecular flexibility index (Phi) is 3.26. The lowest BCUT2D eigenvalue weighted by atomic mass is 10.1. The smallest absolute Gasteiger partial charge is 0.290 e. The van der Waals surface area contributed by atoms with Crippen LogP contribution in [0.25, 0.3) is 0 Å². The number of amidine groups is 1. The number of primary amides is 1. The molecule has 0 spiro atoms. The molecule has 116 valence electrons. The average Bonchev–Trinajstić information content (AvgIpc) is 2.97. The number of fused-ring (bicyclic) bond motifs is 2. The number of benzene rings is 2. The van der Waals surface area contributed by atoms with E-state index in [9.17, 15) is 4.79 Å². The zero-order valence-electron chi connectivity index (χ0n) is 12.5. The van der Waals surface area contributed by atoms with E-state index in [2.05, 4.69) is 22.4 Å². The molecule has 5 heteroatoms. The number of rotatable bonds is 2. The highest BCUT2D eigenvalue weighted by Crippen LogP contribution is 2.36. The number of nitrogens with one attached hydrogen (secondary N) is 1. The van der Waals surface area contributed by atoms with Crippen molar-refractivity contribution in [3.63, 3.8) is 0 Å². The van der Waals surface area contributed by atoms with Gasteiger partial charge in [0.1, 0.15) is 0 Å². The molecule has 0 saturated heterocycles. The molecular weight excluding hydrogens is 290 g/mol. The van der Waals surface area contributed by atoms with Crippen LogP contribution in [0.4, 0.5) is 5.69 Å². The van der Waals surface area contributed by atoms with E-state index >= 15 is 0 Å². The van der Waals surface area contributed by atoms with Crippen LogP contribution in [0.3, 0.4) is 0 Å². The van der Waals surface area contributed by atoms with Crippen molar-refractivity contribution in [3.05, 3.63) is 65.2 Å². The van der Waals surface area contributed by atoms with Crippen LogP contribution in [-0.2, 0) is 16.0 Å². The minimum Gasteiger partial charge on any atom is -0.447 e. The van der Waals surface area contributed by atoms with Crippen LogP contribution in [0.5, 0.6) is 0 Å². The highest BCUT2D eigenvalue weighted by atomic mass is 16.5. The fourth-order valence-electron chi connectivity index (χ4n) is 3.24. The van der Waals surface area contributed by atoms with E-state index in [-0.39, 0.29) is 6.04 Å². The van der Waals surface area contributed by atoms with Gasteiger partial charge >= 0.3 is 0 Å². The van der Waals surface area contributed by atoms with Gasteiger partial charge in [0, 0.05) is 11.3 Å². The van der Waals surface area contributed by atoms with Crippen molar-refractivity contribution in [1.82, 2.24) is 0 Å². The maximum absolute atomic E-state index is 11.7. The summed E-state index contributed by atoms with van der Waals surface area (Å²) in [7, 11) is 0. The number of carbonyl (C=O) groups is 1. The predicted octanol–water partition coefficient (Wildman–Crippen LogP) is 2.70. The van der Waals surface area contributed by atoms with Gasteiger partial charge in [-0.25, -0.2) is 4.99 Å². The zero-order valence-corrected chi connectivity index (χ0v) is 12.5. The lowest BCUT2D eigenvalue weighted by molar-refractivity contribution is -0.125. The van der Waals surface area contributed by atoms with Crippen LogP contribution in [0.2, 0.25) is 0 Å². The normalized spacial score (nSPS) is 23.6. The molecule has 0 saturated carbocycles. The number of amides is 1. The first kappa shape index (κ1) is 13.8. The summed E-state index contributed by atoms with van der Waals surface area (Å²) in [6.45, 7) is 0. The van der Waals surface area contributed by atoms with E-state index in [0.717, 1.165) is 24.1 Å². The number of ether oxygens (including phenoxy) is 1. The Labute approximate surface area is 134 Å². The number of hydrogen-bond donors (Lipinski definition) is 2. The van der Waals surface area contributed by atoms with E-state index in [0.29, 0.717) is 6.02 Å². The summed E-state index contributed by atoms with van der Waals surface area (Å²) in [6, 6.07) is 16.2. The third-order valence-corrected chi connectivity index (χ3v) is 4.35. The summed E-state index contributed by atoms with van der Waals surface area (Å²) < 4.78 is 5.72. The molecule has 2 aromatic rings. The summed E-state index contributed by atoms with van der Waals surface area (Å²) >= 11 is 0. The van der Waals surface area contributed by atoms with Crippen molar-refractivity contribution in [1.29, 1.82) is 0 Å². The minimum absolute atomic E-state index is 0.0486. The molecule has 0 aromatic heterocycles. The van der Waals surface area contributed by atoms with Crippen LogP contribution < -0.4 is 11.1 Å². The Hall–Kier alpha value is -2.82. The Balaban J connectivity index is 1.68. The van der Waals surface area contributed by atoms with Gasteiger partial charge in [-0.15, -0.1) is 0 Å². The number of aryl methyl sites for hydroxylation is 1. The van der Waals surface area contributed by atoms with Crippen LogP contribution >= 0.6 is 0 Å². The molecule has 23 heavy (non-hydrogen) atoms. The number of aliphatic imine (C=N–C) groups is 1. The highest BCUT2D eigenvalue weighted by molar-refractivity contribution is 5.97. The molecule has 1 amide bonds. The molecule has 2 aliphatic rings. The summed E-state index contributed by atoms with van der Waals surface area (Å²) in [5.74, 6) is -0.515. The van der Waals surface area contributed by atoms with Gasteiger partial charge in [-0.2, -0.15) is 0 Å². The van der Waals surface area contributed by atoms with Gasteiger partial charge in [0.05, 0.1) is 6.04 Å². The van der Waals surface area contributed by atoms with Crippen molar-refractivity contribution in [3.8, 4) is 0 Å². The fraction of sp³-hybridized carbons (Fsp3) is 0.222. The number of nitrogens with two attached hydrogens (primary N) is 1. The molecule has 2 aromatic carbocycles. The van der Waals surface area contributed by atoms with E-state index < -0.39 is 12.0 Å². The maximum Gasteiger partial charge on any atom is 0.290 e. The minimum atomic E-state index is -0.803. The summed E-state index contributed by atoms with van der Waals surface area (Å²) in [5, 5.41) is 3.16. The van der Waals surface area contributed by atoms with Gasteiger partial charge in [-0.3, -0.25) is 4.79 Å². The molecule has 4 rings (SSSR count). The first-order valence-electron chi connectivity index (χ1n) is 7.70. The first-order chi connectivity index (χ1) is 11.2. The predicted molar refractivity (Wildman–Crippen MR) is 88.0 cm³/mol. The topological polar surface area (TPSA) is 76.7 Å². The first-order valence-corrected chi connectivity index (χ1v) is 7.70. The van der Waals surface area contributed by atoms with Gasteiger partial charge in [0.25, 0.3) is 11.9 Å². The highest BCUT2D eigenvalue weighted by Gasteiger charge is 2.30. The van der Waals surface area contributed by atoms with Crippen molar-refractivity contribution >= 4 is 17.6 Å².